The Kier molecular flexibility index (Phi) is 6.67. The molecule has 2 heterocycles. The van der Waals surface area contributed by atoms with E-state index in [2.05, 4.69) is 15.9 Å². The van der Waals surface area contributed by atoms with Crippen LogP contribution in [0.15, 0.2) is 53.1 Å². The number of ether oxygens (including phenoxy) is 2. The molecule has 180 valence electrons. The number of nitrogens with zero attached hydrogens (tertiary/aromatic N) is 3. The molecule has 2 aromatic heterocycles. The smallest absolute Gasteiger partial charge is 0.308 e. The number of aromatic nitrogens is 2. The van der Waals surface area contributed by atoms with Crippen molar-refractivity contribution < 1.29 is 19.1 Å². The van der Waals surface area contributed by atoms with Crippen LogP contribution >= 0.6 is 15.9 Å². The Morgan fingerprint density at radius 3 is 2.26 bits per heavy atom. The van der Waals surface area contributed by atoms with Crippen LogP contribution in [0.3, 0.4) is 0 Å². The maximum absolute atomic E-state index is 13.2. The number of methoxy groups -OCH3 is 1. The van der Waals surface area contributed by atoms with Gasteiger partial charge in [0.1, 0.15) is 11.3 Å². The molecule has 0 saturated heterocycles. The number of carbonyl (C=O) groups excluding carboxylic acids is 2. The van der Waals surface area contributed by atoms with Crippen molar-refractivity contribution >= 4 is 45.0 Å². The summed E-state index contributed by atoms with van der Waals surface area (Å²) in [6.07, 6.45) is 1.90. The maximum Gasteiger partial charge on any atom is 0.308 e. The highest BCUT2D eigenvalue weighted by atomic mass is 79.9. The number of fused-ring (bicyclic) bond motifs is 1. The van der Waals surface area contributed by atoms with E-state index in [1.807, 2.05) is 55.6 Å². The van der Waals surface area contributed by atoms with Gasteiger partial charge < -0.3 is 9.47 Å². The molecule has 35 heavy (non-hydrogen) atoms. The fourth-order valence-corrected chi connectivity index (χ4v) is 4.84. The van der Waals surface area contributed by atoms with E-state index in [4.69, 9.17) is 14.5 Å². The highest BCUT2D eigenvalue weighted by molar-refractivity contribution is 9.10. The van der Waals surface area contributed by atoms with Crippen LogP contribution in [-0.4, -0.2) is 28.4 Å². The highest BCUT2D eigenvalue weighted by Gasteiger charge is 2.28. The van der Waals surface area contributed by atoms with Crippen LogP contribution in [-0.2, 0) is 9.59 Å². The number of imidazole rings is 1. The van der Waals surface area contributed by atoms with Gasteiger partial charge in [-0.3, -0.25) is 18.9 Å². The SMILES string of the molecule is COc1cc(-c2nc3c(C)cc(Br)cn3c2N(C(C)=O)c2c(C)cccc2C)ccc1OC(C)=O. The molecule has 1 amide bonds. The second-order valence-corrected chi connectivity index (χ2v) is 9.29. The van der Waals surface area contributed by atoms with Gasteiger partial charge in [0, 0.05) is 30.1 Å². The van der Waals surface area contributed by atoms with Crippen LogP contribution in [0.5, 0.6) is 11.5 Å². The lowest BCUT2D eigenvalue weighted by molar-refractivity contribution is -0.132. The van der Waals surface area contributed by atoms with E-state index in [0.29, 0.717) is 28.6 Å². The molecule has 4 aromatic rings. The third kappa shape index (κ3) is 4.53. The number of anilines is 2. The summed E-state index contributed by atoms with van der Waals surface area (Å²) in [6, 6.07) is 13.2. The van der Waals surface area contributed by atoms with Crippen LogP contribution in [0.4, 0.5) is 11.5 Å². The number of halogens is 1. The predicted molar refractivity (Wildman–Crippen MR) is 140 cm³/mol. The van der Waals surface area contributed by atoms with Crippen molar-refractivity contribution in [2.45, 2.75) is 34.6 Å². The monoisotopic (exact) mass is 535 g/mol. The van der Waals surface area contributed by atoms with E-state index in [1.54, 1.807) is 30.0 Å². The van der Waals surface area contributed by atoms with E-state index in [1.165, 1.54) is 14.0 Å². The number of rotatable bonds is 5. The van der Waals surface area contributed by atoms with Gasteiger partial charge in [0.25, 0.3) is 0 Å². The van der Waals surface area contributed by atoms with E-state index in [0.717, 1.165) is 32.5 Å². The summed E-state index contributed by atoms with van der Waals surface area (Å²) in [6.45, 7) is 8.83. The minimum Gasteiger partial charge on any atom is -0.493 e. The Morgan fingerprint density at radius 2 is 1.66 bits per heavy atom. The molecule has 4 rings (SSSR count). The molecule has 0 aliphatic heterocycles. The summed E-state index contributed by atoms with van der Waals surface area (Å²) in [5, 5.41) is 0. The zero-order valence-corrected chi connectivity index (χ0v) is 22.1. The second-order valence-electron chi connectivity index (χ2n) is 8.37. The third-order valence-electron chi connectivity index (χ3n) is 5.73. The number of hydrogen-bond donors (Lipinski definition) is 0. The van der Waals surface area contributed by atoms with Crippen molar-refractivity contribution in [2.24, 2.45) is 0 Å². The van der Waals surface area contributed by atoms with Gasteiger partial charge in [0.15, 0.2) is 17.3 Å². The standard InChI is InChI=1S/C27H26BrN3O4/c1-15-8-7-9-16(2)25(15)31(18(4)32)27-24(29-26-17(3)12-21(28)14-30(26)27)20-10-11-22(35-19(5)33)23(13-20)34-6/h7-14H,1-6H3. The summed E-state index contributed by atoms with van der Waals surface area (Å²) in [7, 11) is 1.51. The van der Waals surface area contributed by atoms with Crippen LogP contribution in [0.1, 0.15) is 30.5 Å². The summed E-state index contributed by atoms with van der Waals surface area (Å²) in [5.41, 5.74) is 5.72. The average molecular weight is 536 g/mol. The number of pyridine rings is 1. The molecule has 7 nitrogen and oxygen atoms in total. The number of hydrogen-bond acceptors (Lipinski definition) is 5. The van der Waals surface area contributed by atoms with Crippen LogP contribution < -0.4 is 14.4 Å². The number of carbonyl (C=O) groups is 2. The first-order valence-corrected chi connectivity index (χ1v) is 11.8. The Morgan fingerprint density at radius 1 is 0.971 bits per heavy atom. The van der Waals surface area contributed by atoms with Gasteiger partial charge in [0.2, 0.25) is 5.91 Å². The lowest BCUT2D eigenvalue weighted by atomic mass is 10.1. The van der Waals surface area contributed by atoms with Crippen molar-refractivity contribution in [1.29, 1.82) is 0 Å². The zero-order valence-electron chi connectivity index (χ0n) is 20.5. The quantitative estimate of drug-likeness (QED) is 0.221. The van der Waals surface area contributed by atoms with Crippen LogP contribution in [0.25, 0.3) is 16.9 Å². The van der Waals surface area contributed by atoms with E-state index >= 15 is 0 Å². The maximum atomic E-state index is 13.2. The molecular weight excluding hydrogens is 510 g/mol. The molecule has 0 bridgehead atoms. The molecule has 0 spiro atoms. The van der Waals surface area contributed by atoms with Crippen molar-refractivity contribution in [2.75, 3.05) is 12.0 Å². The Balaban J connectivity index is 2.07. The predicted octanol–water partition coefficient (Wildman–Crippen LogP) is 6.31. The summed E-state index contributed by atoms with van der Waals surface area (Å²) in [5.74, 6) is 0.720. The van der Waals surface area contributed by atoms with Gasteiger partial charge in [-0.2, -0.15) is 0 Å². The van der Waals surface area contributed by atoms with Crippen LogP contribution in [0, 0.1) is 20.8 Å². The first kappa shape index (κ1) is 24.5. The van der Waals surface area contributed by atoms with E-state index in [-0.39, 0.29) is 5.91 Å². The fourth-order valence-electron chi connectivity index (χ4n) is 4.29. The van der Waals surface area contributed by atoms with Crippen molar-refractivity contribution in [3.63, 3.8) is 0 Å². The third-order valence-corrected chi connectivity index (χ3v) is 6.16. The van der Waals surface area contributed by atoms with Gasteiger partial charge in [-0.15, -0.1) is 0 Å². The number of benzene rings is 2. The Bertz CT molecular complexity index is 1460. The molecule has 0 N–H and O–H groups in total. The highest BCUT2D eigenvalue weighted by Crippen LogP contribution is 2.42. The Labute approximate surface area is 212 Å². The molecule has 0 aliphatic rings. The molecule has 2 aromatic carbocycles. The van der Waals surface area contributed by atoms with Crippen LogP contribution in [0.2, 0.25) is 0 Å². The van der Waals surface area contributed by atoms with Gasteiger partial charge in [-0.25, -0.2) is 4.98 Å². The fraction of sp³-hybridized carbons (Fsp3) is 0.222. The number of para-hydroxylation sites is 1. The molecule has 8 heteroatoms. The molecule has 0 unspecified atom stereocenters. The number of amides is 1. The molecule has 0 atom stereocenters. The molecule has 0 fully saturated rings. The Hall–Kier alpha value is -3.65. The molecule has 0 radical (unpaired) electrons. The van der Waals surface area contributed by atoms with Gasteiger partial charge in [-0.1, -0.05) is 18.2 Å². The lowest BCUT2D eigenvalue weighted by Crippen LogP contribution is -2.26. The topological polar surface area (TPSA) is 73.1 Å². The minimum atomic E-state index is -0.442. The summed E-state index contributed by atoms with van der Waals surface area (Å²) < 4.78 is 13.6. The van der Waals surface area contributed by atoms with Gasteiger partial charge in [0.05, 0.1) is 12.8 Å². The summed E-state index contributed by atoms with van der Waals surface area (Å²) >= 11 is 3.59. The number of esters is 1. The lowest BCUT2D eigenvalue weighted by Gasteiger charge is -2.26. The number of aryl methyl sites for hydroxylation is 3. The minimum absolute atomic E-state index is 0.147. The second kappa shape index (κ2) is 9.54. The average Bonchev–Trinajstić information content (AvgIpc) is 3.15. The van der Waals surface area contributed by atoms with Gasteiger partial charge in [-0.05, 0) is 77.7 Å². The van der Waals surface area contributed by atoms with Gasteiger partial charge >= 0.3 is 5.97 Å². The molecule has 0 aliphatic carbocycles. The van der Waals surface area contributed by atoms with Crippen molar-refractivity contribution in [3.05, 3.63) is 69.8 Å². The zero-order chi connectivity index (χ0) is 25.4. The first-order chi connectivity index (χ1) is 16.6. The normalized spacial score (nSPS) is 10.9. The largest absolute Gasteiger partial charge is 0.493 e. The summed E-state index contributed by atoms with van der Waals surface area (Å²) in [4.78, 5) is 31.4. The van der Waals surface area contributed by atoms with Crippen molar-refractivity contribution in [1.82, 2.24) is 9.38 Å². The van der Waals surface area contributed by atoms with E-state index in [9.17, 15) is 9.59 Å². The first-order valence-electron chi connectivity index (χ1n) is 11.0. The van der Waals surface area contributed by atoms with E-state index < -0.39 is 5.97 Å². The molecule has 0 saturated carbocycles. The van der Waals surface area contributed by atoms with Crippen molar-refractivity contribution in [3.8, 4) is 22.8 Å². The molecular formula is C27H26BrN3O4.